The summed E-state index contributed by atoms with van der Waals surface area (Å²) in [5, 5.41) is 21.8. The van der Waals surface area contributed by atoms with Gasteiger partial charge in [-0.3, -0.25) is 30.2 Å². The molecule has 4 rings (SSSR count). The molecule has 2 aliphatic carbocycles. The van der Waals surface area contributed by atoms with Crippen molar-refractivity contribution in [2.24, 2.45) is 26.7 Å². The number of aliphatic imine (C=N–C) groups is 2. The monoisotopic (exact) mass is 434 g/mol. The van der Waals surface area contributed by atoms with Gasteiger partial charge in [-0.1, -0.05) is 20.8 Å². The standard InChI is InChI=1S/C24H26N4O4/c1-23(2)20-12-13-24(23,3)22(26-15-17-6-10-19(11-7-17)28(31)32)21(20)25-14-16-4-8-18(9-5-16)27(29)30/h4-11,14-15,20-22H,12-13H2,1-3H3/t20-,21-,22-,24-/m0/s1. The molecule has 2 aliphatic rings. The minimum atomic E-state index is -0.414. The van der Waals surface area contributed by atoms with Crippen LogP contribution >= 0.6 is 0 Å². The maximum atomic E-state index is 10.9. The quantitative estimate of drug-likeness (QED) is 0.352. The molecule has 2 aromatic carbocycles. The molecule has 32 heavy (non-hydrogen) atoms. The number of non-ortho nitro benzene ring substituents is 2. The molecular formula is C24H26N4O4. The van der Waals surface area contributed by atoms with Crippen LogP contribution in [-0.4, -0.2) is 34.4 Å². The fourth-order valence-corrected chi connectivity index (χ4v) is 5.43. The molecule has 0 saturated heterocycles. The van der Waals surface area contributed by atoms with Gasteiger partial charge in [0, 0.05) is 36.7 Å². The van der Waals surface area contributed by atoms with Crippen molar-refractivity contribution in [2.45, 2.75) is 45.7 Å². The average molecular weight is 434 g/mol. The SMILES string of the molecule is CC1(C)[C@H]2CC[C@@]1(C)[C@@H](N=Cc1ccc([N+](=O)[O-])cc1)[C@H]2N=Cc1ccc([N+](=O)[O-])cc1. The van der Waals surface area contributed by atoms with Crippen LogP contribution in [0.3, 0.4) is 0 Å². The van der Waals surface area contributed by atoms with E-state index in [9.17, 15) is 20.2 Å². The van der Waals surface area contributed by atoms with Gasteiger partial charge in [0.1, 0.15) is 0 Å². The molecule has 2 aromatic rings. The van der Waals surface area contributed by atoms with Crippen LogP contribution in [-0.2, 0) is 0 Å². The molecule has 0 heterocycles. The van der Waals surface area contributed by atoms with Crippen molar-refractivity contribution in [1.82, 2.24) is 0 Å². The highest BCUT2D eigenvalue weighted by Crippen LogP contribution is 2.67. The number of fused-ring (bicyclic) bond motifs is 2. The molecular weight excluding hydrogens is 408 g/mol. The van der Waals surface area contributed by atoms with Crippen molar-refractivity contribution in [1.29, 1.82) is 0 Å². The highest BCUT2D eigenvalue weighted by atomic mass is 16.6. The highest BCUT2D eigenvalue weighted by molar-refractivity contribution is 5.81. The lowest BCUT2D eigenvalue weighted by Gasteiger charge is -2.37. The molecule has 0 unspecified atom stereocenters. The number of benzene rings is 2. The lowest BCUT2D eigenvalue weighted by Crippen LogP contribution is -2.38. The van der Waals surface area contributed by atoms with Crippen molar-refractivity contribution in [3.05, 3.63) is 79.9 Å². The van der Waals surface area contributed by atoms with Crippen molar-refractivity contribution in [3.8, 4) is 0 Å². The van der Waals surface area contributed by atoms with Crippen LogP contribution in [0, 0.1) is 37.0 Å². The van der Waals surface area contributed by atoms with E-state index in [1.165, 1.54) is 24.3 Å². The minimum Gasteiger partial charge on any atom is -0.287 e. The van der Waals surface area contributed by atoms with Crippen LogP contribution in [0.4, 0.5) is 11.4 Å². The zero-order valence-corrected chi connectivity index (χ0v) is 18.3. The fourth-order valence-electron chi connectivity index (χ4n) is 5.43. The first-order valence-electron chi connectivity index (χ1n) is 10.7. The second-order valence-electron chi connectivity index (χ2n) is 9.47. The number of nitro benzene ring substituents is 2. The Morgan fingerprint density at radius 2 is 1.31 bits per heavy atom. The number of rotatable bonds is 6. The van der Waals surface area contributed by atoms with Crippen LogP contribution in [0.1, 0.15) is 44.7 Å². The molecule has 2 saturated carbocycles. The number of hydrogen-bond acceptors (Lipinski definition) is 6. The predicted molar refractivity (Wildman–Crippen MR) is 124 cm³/mol. The molecule has 2 fully saturated rings. The van der Waals surface area contributed by atoms with Crippen LogP contribution in [0.2, 0.25) is 0 Å². The molecule has 0 aliphatic heterocycles. The Morgan fingerprint density at radius 1 is 0.844 bits per heavy atom. The normalized spacial score (nSPS) is 28.5. The Morgan fingerprint density at radius 3 is 1.78 bits per heavy atom. The van der Waals surface area contributed by atoms with Crippen molar-refractivity contribution in [3.63, 3.8) is 0 Å². The first kappa shape index (κ1) is 21.8. The predicted octanol–water partition coefficient (Wildman–Crippen LogP) is 5.23. The van der Waals surface area contributed by atoms with Crippen molar-refractivity contribution >= 4 is 23.8 Å². The van der Waals surface area contributed by atoms with E-state index in [1.807, 2.05) is 0 Å². The maximum absolute atomic E-state index is 10.9. The van der Waals surface area contributed by atoms with E-state index in [1.54, 1.807) is 36.7 Å². The summed E-state index contributed by atoms with van der Waals surface area (Å²) < 4.78 is 0. The minimum absolute atomic E-state index is 0.00752. The molecule has 0 aromatic heterocycles. The summed E-state index contributed by atoms with van der Waals surface area (Å²) in [5.41, 5.74) is 1.81. The summed E-state index contributed by atoms with van der Waals surface area (Å²) in [4.78, 5) is 30.8. The van der Waals surface area contributed by atoms with Gasteiger partial charge in [0.25, 0.3) is 11.4 Å². The van der Waals surface area contributed by atoms with Crippen LogP contribution < -0.4 is 0 Å². The second-order valence-corrected chi connectivity index (χ2v) is 9.47. The molecule has 0 N–H and O–H groups in total. The van der Waals surface area contributed by atoms with Gasteiger partial charge in [-0.05, 0) is 65.0 Å². The summed E-state index contributed by atoms with van der Waals surface area (Å²) in [6.45, 7) is 6.87. The fraction of sp³-hybridized carbons (Fsp3) is 0.417. The third kappa shape index (κ3) is 3.59. The first-order valence-corrected chi connectivity index (χ1v) is 10.7. The van der Waals surface area contributed by atoms with Gasteiger partial charge in [-0.25, -0.2) is 0 Å². The number of nitro groups is 2. The molecule has 8 heteroatoms. The van der Waals surface area contributed by atoms with Gasteiger partial charge in [0.15, 0.2) is 0 Å². The Balaban J connectivity index is 1.61. The highest BCUT2D eigenvalue weighted by Gasteiger charge is 2.66. The van der Waals surface area contributed by atoms with Gasteiger partial charge in [-0.2, -0.15) is 0 Å². The second kappa shape index (κ2) is 7.93. The average Bonchev–Trinajstić information content (AvgIpc) is 3.09. The Kier molecular flexibility index (Phi) is 5.40. The topological polar surface area (TPSA) is 111 Å². The lowest BCUT2D eigenvalue weighted by atomic mass is 9.69. The summed E-state index contributed by atoms with van der Waals surface area (Å²) in [6.07, 6.45) is 5.76. The van der Waals surface area contributed by atoms with E-state index in [0.29, 0.717) is 5.92 Å². The first-order chi connectivity index (χ1) is 15.1. The zero-order valence-electron chi connectivity index (χ0n) is 18.3. The van der Waals surface area contributed by atoms with E-state index in [-0.39, 0.29) is 34.3 Å². The van der Waals surface area contributed by atoms with E-state index in [4.69, 9.17) is 9.98 Å². The smallest absolute Gasteiger partial charge is 0.269 e. The van der Waals surface area contributed by atoms with Gasteiger partial charge in [-0.15, -0.1) is 0 Å². The summed E-state index contributed by atoms with van der Waals surface area (Å²) >= 11 is 0. The van der Waals surface area contributed by atoms with E-state index in [0.717, 1.165) is 24.0 Å². The van der Waals surface area contributed by atoms with Crippen molar-refractivity contribution < 1.29 is 9.85 Å². The lowest BCUT2D eigenvalue weighted by molar-refractivity contribution is -0.385. The molecule has 0 radical (unpaired) electrons. The summed E-state index contributed by atoms with van der Waals surface area (Å²) in [6, 6.07) is 12.8. The third-order valence-electron chi connectivity index (χ3n) is 7.75. The Bertz CT molecular complexity index is 1090. The van der Waals surface area contributed by atoms with Gasteiger partial charge >= 0.3 is 0 Å². The van der Waals surface area contributed by atoms with Gasteiger partial charge in [0.05, 0.1) is 21.9 Å². The number of hydrogen-bond donors (Lipinski definition) is 0. The largest absolute Gasteiger partial charge is 0.287 e. The van der Waals surface area contributed by atoms with Crippen LogP contribution in [0.5, 0.6) is 0 Å². The van der Waals surface area contributed by atoms with Crippen molar-refractivity contribution in [2.75, 3.05) is 0 Å². The van der Waals surface area contributed by atoms with E-state index in [2.05, 4.69) is 20.8 Å². The summed E-state index contributed by atoms with van der Waals surface area (Å²) in [5.74, 6) is 0.390. The maximum Gasteiger partial charge on any atom is 0.269 e. The zero-order chi connectivity index (χ0) is 23.1. The number of nitrogens with zero attached hydrogens (tertiary/aromatic N) is 4. The van der Waals surface area contributed by atoms with Gasteiger partial charge in [0.2, 0.25) is 0 Å². The molecule has 2 bridgehead atoms. The summed E-state index contributed by atoms with van der Waals surface area (Å²) in [7, 11) is 0. The Hall–Kier alpha value is -3.42. The molecule has 0 amide bonds. The van der Waals surface area contributed by atoms with E-state index < -0.39 is 9.85 Å². The molecule has 8 nitrogen and oxygen atoms in total. The third-order valence-corrected chi connectivity index (χ3v) is 7.75. The molecule has 4 atom stereocenters. The van der Waals surface area contributed by atoms with Gasteiger partial charge < -0.3 is 0 Å². The Labute approximate surface area is 186 Å². The van der Waals surface area contributed by atoms with E-state index >= 15 is 0 Å². The molecule has 166 valence electrons. The molecule has 0 spiro atoms. The van der Waals surface area contributed by atoms with Crippen LogP contribution in [0.25, 0.3) is 0 Å². The van der Waals surface area contributed by atoms with Crippen LogP contribution in [0.15, 0.2) is 58.5 Å².